The molecule has 0 bridgehead atoms. The lowest BCUT2D eigenvalue weighted by molar-refractivity contribution is 0.102. The number of para-hydroxylation sites is 1. The second-order valence-electron chi connectivity index (χ2n) is 6.17. The summed E-state index contributed by atoms with van der Waals surface area (Å²) in [6.45, 7) is 1.88. The second kappa shape index (κ2) is 6.72. The smallest absolute Gasteiger partial charge is 0.257 e. The average molecular weight is 398 g/mol. The summed E-state index contributed by atoms with van der Waals surface area (Å²) in [5.74, 6) is -0.379. The van der Waals surface area contributed by atoms with Gasteiger partial charge in [0.2, 0.25) is 5.43 Å². The molecule has 0 aliphatic carbocycles. The molecule has 6 heteroatoms. The molecule has 4 rings (SSSR count). The quantitative estimate of drug-likeness (QED) is 0.433. The van der Waals surface area contributed by atoms with Gasteiger partial charge in [0, 0.05) is 16.8 Å². The minimum atomic E-state index is -0.379. The highest BCUT2D eigenvalue weighted by molar-refractivity contribution is 6.37. The van der Waals surface area contributed by atoms with Crippen molar-refractivity contribution in [3.05, 3.63) is 86.0 Å². The van der Waals surface area contributed by atoms with Crippen LogP contribution in [-0.2, 0) is 0 Å². The molecule has 4 aromatic rings. The van der Waals surface area contributed by atoms with Crippen LogP contribution in [0.25, 0.3) is 21.9 Å². The van der Waals surface area contributed by atoms with Crippen LogP contribution in [0.4, 0.5) is 5.69 Å². The fraction of sp³-hybridized carbons (Fsp3) is 0.0476. The Morgan fingerprint density at radius 2 is 1.81 bits per heavy atom. The predicted molar refractivity (Wildman–Crippen MR) is 109 cm³/mol. The van der Waals surface area contributed by atoms with Crippen molar-refractivity contribution >= 4 is 56.7 Å². The average Bonchev–Trinajstić information content (AvgIpc) is 2.62. The van der Waals surface area contributed by atoms with E-state index in [9.17, 15) is 9.59 Å². The van der Waals surface area contributed by atoms with Gasteiger partial charge in [-0.2, -0.15) is 0 Å². The van der Waals surface area contributed by atoms with Crippen molar-refractivity contribution in [2.45, 2.75) is 6.92 Å². The monoisotopic (exact) mass is 397 g/mol. The summed E-state index contributed by atoms with van der Waals surface area (Å²) in [5.41, 5.74) is 2.51. The first-order chi connectivity index (χ1) is 12.9. The third kappa shape index (κ3) is 3.18. The fourth-order valence-electron chi connectivity index (χ4n) is 2.97. The van der Waals surface area contributed by atoms with E-state index in [-0.39, 0.29) is 16.4 Å². The minimum Gasteiger partial charge on any atom is -0.455 e. The van der Waals surface area contributed by atoms with Crippen molar-refractivity contribution < 1.29 is 9.21 Å². The van der Waals surface area contributed by atoms with Crippen LogP contribution in [0.2, 0.25) is 10.0 Å². The Kier molecular flexibility index (Phi) is 4.38. The van der Waals surface area contributed by atoms with E-state index in [1.807, 2.05) is 19.1 Å². The van der Waals surface area contributed by atoms with Gasteiger partial charge in [0.1, 0.15) is 11.2 Å². The molecule has 1 aromatic heterocycles. The van der Waals surface area contributed by atoms with Crippen molar-refractivity contribution in [2.24, 2.45) is 0 Å². The molecule has 0 saturated heterocycles. The Morgan fingerprint density at radius 3 is 2.59 bits per heavy atom. The molecule has 0 radical (unpaired) electrons. The van der Waals surface area contributed by atoms with Gasteiger partial charge in [0.15, 0.2) is 0 Å². The molecular weight excluding hydrogens is 385 g/mol. The van der Waals surface area contributed by atoms with Gasteiger partial charge >= 0.3 is 0 Å². The molecule has 134 valence electrons. The van der Waals surface area contributed by atoms with Gasteiger partial charge < -0.3 is 9.73 Å². The topological polar surface area (TPSA) is 59.3 Å². The number of fused-ring (bicyclic) bond motifs is 2. The van der Waals surface area contributed by atoms with Crippen LogP contribution in [0.5, 0.6) is 0 Å². The van der Waals surface area contributed by atoms with Gasteiger partial charge in [0.05, 0.1) is 21.4 Å². The summed E-state index contributed by atoms with van der Waals surface area (Å²) in [7, 11) is 0. The third-order valence-corrected chi connectivity index (χ3v) is 4.88. The number of hydrogen-bond acceptors (Lipinski definition) is 3. The molecular formula is C21H13Cl2NO3. The van der Waals surface area contributed by atoms with E-state index in [1.165, 1.54) is 6.07 Å². The van der Waals surface area contributed by atoms with Crippen molar-refractivity contribution in [2.75, 3.05) is 5.32 Å². The minimum absolute atomic E-state index is 0.103. The normalized spacial score (nSPS) is 11.1. The Bertz CT molecular complexity index is 1280. The lowest BCUT2D eigenvalue weighted by atomic mass is 10.1. The molecule has 0 spiro atoms. The lowest BCUT2D eigenvalue weighted by Crippen LogP contribution is -2.12. The summed E-state index contributed by atoms with van der Waals surface area (Å²) >= 11 is 11.9. The first-order valence-electron chi connectivity index (χ1n) is 8.16. The fourth-order valence-corrected chi connectivity index (χ4v) is 3.46. The molecule has 0 fully saturated rings. The van der Waals surface area contributed by atoms with E-state index in [1.54, 1.807) is 36.4 Å². The number of carbonyl (C=O) groups is 1. The molecule has 27 heavy (non-hydrogen) atoms. The highest BCUT2D eigenvalue weighted by atomic mass is 35.5. The van der Waals surface area contributed by atoms with Crippen LogP contribution in [0.1, 0.15) is 15.9 Å². The largest absolute Gasteiger partial charge is 0.455 e. The Hall–Kier alpha value is -2.82. The van der Waals surface area contributed by atoms with Crippen molar-refractivity contribution in [1.82, 2.24) is 0 Å². The van der Waals surface area contributed by atoms with Crippen LogP contribution in [-0.4, -0.2) is 5.91 Å². The number of benzene rings is 3. The predicted octanol–water partition coefficient (Wildman–Crippen LogP) is 5.81. The van der Waals surface area contributed by atoms with Crippen molar-refractivity contribution in [3.8, 4) is 0 Å². The SMILES string of the molecule is Cc1cccc2c(=O)c3ccc(NC(=O)c4ccc(Cl)cc4Cl)cc3oc12. The summed E-state index contributed by atoms with van der Waals surface area (Å²) in [5, 5.41) is 4.46. The number of amides is 1. The van der Waals surface area contributed by atoms with Crippen LogP contribution >= 0.6 is 23.2 Å². The first-order valence-corrected chi connectivity index (χ1v) is 8.92. The van der Waals surface area contributed by atoms with Crippen molar-refractivity contribution in [1.29, 1.82) is 0 Å². The molecule has 0 saturated carbocycles. The number of hydrogen-bond donors (Lipinski definition) is 1. The summed E-state index contributed by atoms with van der Waals surface area (Å²) in [6.07, 6.45) is 0. The summed E-state index contributed by atoms with van der Waals surface area (Å²) in [6, 6.07) is 15.0. The number of nitrogens with one attached hydrogen (secondary N) is 1. The molecule has 0 unspecified atom stereocenters. The Morgan fingerprint density at radius 1 is 1.00 bits per heavy atom. The van der Waals surface area contributed by atoms with Gasteiger partial charge in [0.25, 0.3) is 5.91 Å². The highest BCUT2D eigenvalue weighted by Gasteiger charge is 2.13. The maximum absolute atomic E-state index is 12.7. The molecule has 3 aromatic carbocycles. The summed E-state index contributed by atoms with van der Waals surface area (Å²) in [4.78, 5) is 25.2. The van der Waals surface area contributed by atoms with Crippen molar-refractivity contribution in [3.63, 3.8) is 0 Å². The number of anilines is 1. The molecule has 1 amide bonds. The second-order valence-corrected chi connectivity index (χ2v) is 7.02. The maximum atomic E-state index is 12.7. The number of aryl methyl sites for hydroxylation is 1. The van der Waals surface area contributed by atoms with Gasteiger partial charge in [-0.15, -0.1) is 0 Å². The standard InChI is InChI=1S/C21H13Cl2NO3/c1-11-3-2-4-16-19(25)15-8-6-13(10-18(15)27-20(11)16)24-21(26)14-7-5-12(22)9-17(14)23/h2-10H,1H3,(H,24,26). The Labute approximate surface area is 164 Å². The number of carbonyl (C=O) groups excluding carboxylic acids is 1. The zero-order valence-corrected chi connectivity index (χ0v) is 15.7. The van der Waals surface area contributed by atoms with Crippen LogP contribution < -0.4 is 10.7 Å². The molecule has 1 N–H and O–H groups in total. The molecule has 4 nitrogen and oxygen atoms in total. The van der Waals surface area contributed by atoms with E-state index in [0.717, 1.165) is 5.56 Å². The van der Waals surface area contributed by atoms with E-state index < -0.39 is 0 Å². The third-order valence-electron chi connectivity index (χ3n) is 4.33. The zero-order valence-electron chi connectivity index (χ0n) is 14.2. The van der Waals surface area contributed by atoms with E-state index in [4.69, 9.17) is 27.6 Å². The van der Waals surface area contributed by atoms with Crippen LogP contribution in [0.15, 0.2) is 63.8 Å². The molecule has 0 aliphatic rings. The van der Waals surface area contributed by atoms with E-state index >= 15 is 0 Å². The van der Waals surface area contributed by atoms with Gasteiger partial charge in [-0.05, 0) is 48.9 Å². The number of halogens is 2. The maximum Gasteiger partial charge on any atom is 0.257 e. The summed E-state index contributed by atoms with van der Waals surface area (Å²) < 4.78 is 5.93. The lowest BCUT2D eigenvalue weighted by Gasteiger charge is -2.09. The zero-order chi connectivity index (χ0) is 19.1. The molecule has 0 atom stereocenters. The van der Waals surface area contributed by atoms with Crippen LogP contribution in [0.3, 0.4) is 0 Å². The van der Waals surface area contributed by atoms with E-state index in [2.05, 4.69) is 5.32 Å². The number of rotatable bonds is 2. The molecule has 1 heterocycles. The van der Waals surface area contributed by atoms with Gasteiger partial charge in [-0.3, -0.25) is 9.59 Å². The molecule has 0 aliphatic heterocycles. The van der Waals surface area contributed by atoms with Gasteiger partial charge in [-0.25, -0.2) is 0 Å². The van der Waals surface area contributed by atoms with Crippen LogP contribution in [0, 0.1) is 6.92 Å². The van der Waals surface area contributed by atoms with Gasteiger partial charge in [-0.1, -0.05) is 35.3 Å². The first kappa shape index (κ1) is 17.6. The highest BCUT2D eigenvalue weighted by Crippen LogP contribution is 2.25. The van der Waals surface area contributed by atoms with E-state index in [0.29, 0.717) is 38.2 Å². The Balaban J connectivity index is 1.77.